The minimum atomic E-state index is -0.123. The van der Waals surface area contributed by atoms with E-state index in [1.807, 2.05) is 0 Å². The Balaban J connectivity index is 2.38. The number of hydrogen-bond acceptors (Lipinski definition) is 3. The molecule has 1 amide bonds. The zero-order chi connectivity index (χ0) is 13.6. The maximum atomic E-state index is 12.3. The van der Waals surface area contributed by atoms with E-state index in [1.165, 1.54) is 0 Å². The Labute approximate surface area is 111 Å². The third kappa shape index (κ3) is 3.95. The normalized spacial score (nSPS) is 19.2. The van der Waals surface area contributed by atoms with Crippen molar-refractivity contribution in [2.75, 3.05) is 33.2 Å². The van der Waals surface area contributed by atoms with Gasteiger partial charge in [0.2, 0.25) is 5.91 Å². The van der Waals surface area contributed by atoms with E-state index in [0.717, 1.165) is 45.4 Å². The fraction of sp³-hybridized carbons (Fsp3) is 0.929. The number of nitrogens with zero attached hydrogens (tertiary/aromatic N) is 1. The van der Waals surface area contributed by atoms with Crippen molar-refractivity contribution < 1.29 is 4.79 Å². The molecule has 0 unspecified atom stereocenters. The molecular weight excluding hydrogens is 226 g/mol. The predicted molar refractivity (Wildman–Crippen MR) is 75.6 cm³/mol. The van der Waals surface area contributed by atoms with E-state index in [1.54, 1.807) is 0 Å². The van der Waals surface area contributed by atoms with Crippen LogP contribution < -0.4 is 10.6 Å². The van der Waals surface area contributed by atoms with Crippen LogP contribution in [0.15, 0.2) is 0 Å². The molecule has 0 spiro atoms. The smallest absolute Gasteiger partial charge is 0.226 e. The molecule has 0 bridgehead atoms. The van der Waals surface area contributed by atoms with Gasteiger partial charge in [0.1, 0.15) is 0 Å². The average molecular weight is 255 g/mol. The van der Waals surface area contributed by atoms with Crippen molar-refractivity contribution >= 4 is 5.91 Å². The molecule has 4 nitrogen and oxygen atoms in total. The number of carbonyl (C=O) groups excluding carboxylic acids is 1. The van der Waals surface area contributed by atoms with Crippen molar-refractivity contribution in [1.29, 1.82) is 0 Å². The van der Waals surface area contributed by atoms with Crippen LogP contribution in [0.3, 0.4) is 0 Å². The van der Waals surface area contributed by atoms with Gasteiger partial charge in [-0.05, 0) is 53.2 Å². The maximum Gasteiger partial charge on any atom is 0.226 e. The standard InChI is InChI=1S/C14H29N3O/c1-5-14(6-8-15-9-7-14)13(18)16-10-11-17(4)12(2)3/h12,15H,5-11H2,1-4H3,(H,16,18). The van der Waals surface area contributed by atoms with Gasteiger partial charge in [0.05, 0.1) is 5.41 Å². The molecule has 0 aromatic rings. The lowest BCUT2D eigenvalue weighted by Gasteiger charge is -2.35. The second-order valence-corrected chi connectivity index (χ2v) is 5.71. The van der Waals surface area contributed by atoms with Crippen LogP contribution in [0.5, 0.6) is 0 Å². The molecule has 0 radical (unpaired) electrons. The molecule has 0 saturated carbocycles. The number of rotatable bonds is 6. The van der Waals surface area contributed by atoms with E-state index >= 15 is 0 Å². The van der Waals surface area contributed by atoms with Crippen LogP contribution in [0.1, 0.15) is 40.0 Å². The molecule has 1 aliphatic rings. The molecule has 1 fully saturated rings. The van der Waals surface area contributed by atoms with Crippen molar-refractivity contribution in [3.8, 4) is 0 Å². The monoisotopic (exact) mass is 255 g/mol. The van der Waals surface area contributed by atoms with Gasteiger partial charge in [-0.1, -0.05) is 6.92 Å². The van der Waals surface area contributed by atoms with Gasteiger partial charge in [-0.2, -0.15) is 0 Å². The lowest BCUT2D eigenvalue weighted by atomic mass is 9.76. The van der Waals surface area contributed by atoms with Gasteiger partial charge < -0.3 is 15.5 Å². The highest BCUT2D eigenvalue weighted by Gasteiger charge is 2.37. The number of carbonyl (C=O) groups is 1. The maximum absolute atomic E-state index is 12.3. The molecule has 106 valence electrons. The topological polar surface area (TPSA) is 44.4 Å². The summed E-state index contributed by atoms with van der Waals surface area (Å²) in [5.41, 5.74) is -0.123. The Morgan fingerprint density at radius 1 is 1.39 bits per heavy atom. The largest absolute Gasteiger partial charge is 0.354 e. The SMILES string of the molecule is CCC1(C(=O)NCCN(C)C(C)C)CCNCC1. The minimum Gasteiger partial charge on any atom is -0.354 e. The first kappa shape index (κ1) is 15.4. The van der Waals surface area contributed by atoms with Crippen molar-refractivity contribution in [1.82, 2.24) is 15.5 Å². The van der Waals surface area contributed by atoms with Crippen LogP contribution in [0, 0.1) is 5.41 Å². The van der Waals surface area contributed by atoms with E-state index < -0.39 is 0 Å². The second kappa shape index (κ2) is 7.10. The summed E-state index contributed by atoms with van der Waals surface area (Å²) < 4.78 is 0. The highest BCUT2D eigenvalue weighted by atomic mass is 16.2. The highest BCUT2D eigenvalue weighted by Crippen LogP contribution is 2.32. The Kier molecular flexibility index (Phi) is 6.09. The Bertz CT molecular complexity index is 260. The summed E-state index contributed by atoms with van der Waals surface area (Å²) in [7, 11) is 2.09. The molecule has 0 aromatic heterocycles. The van der Waals surface area contributed by atoms with Gasteiger partial charge in [-0.15, -0.1) is 0 Å². The van der Waals surface area contributed by atoms with E-state index in [0.29, 0.717) is 6.04 Å². The third-order valence-corrected chi connectivity index (χ3v) is 4.35. The lowest BCUT2D eigenvalue weighted by molar-refractivity contribution is -0.132. The summed E-state index contributed by atoms with van der Waals surface area (Å²) in [6.45, 7) is 10.1. The minimum absolute atomic E-state index is 0.123. The zero-order valence-corrected chi connectivity index (χ0v) is 12.4. The molecule has 4 heteroatoms. The molecule has 0 atom stereocenters. The van der Waals surface area contributed by atoms with Gasteiger partial charge in [-0.25, -0.2) is 0 Å². The summed E-state index contributed by atoms with van der Waals surface area (Å²) >= 11 is 0. The number of likely N-dealkylation sites (N-methyl/N-ethyl adjacent to an activating group) is 1. The van der Waals surface area contributed by atoms with Gasteiger partial charge in [0.25, 0.3) is 0 Å². The molecule has 1 aliphatic heterocycles. The Hall–Kier alpha value is -0.610. The summed E-state index contributed by atoms with van der Waals surface area (Å²) in [5, 5.41) is 6.45. The summed E-state index contributed by atoms with van der Waals surface area (Å²) in [4.78, 5) is 14.6. The third-order valence-electron chi connectivity index (χ3n) is 4.35. The fourth-order valence-electron chi connectivity index (χ4n) is 2.44. The number of hydrogen-bond donors (Lipinski definition) is 2. The number of nitrogens with one attached hydrogen (secondary N) is 2. The zero-order valence-electron chi connectivity index (χ0n) is 12.4. The van der Waals surface area contributed by atoms with Crippen LogP contribution in [0.25, 0.3) is 0 Å². The molecule has 2 N–H and O–H groups in total. The van der Waals surface area contributed by atoms with E-state index in [-0.39, 0.29) is 11.3 Å². The predicted octanol–water partition coefficient (Wildman–Crippen LogP) is 1.22. The molecule has 18 heavy (non-hydrogen) atoms. The summed E-state index contributed by atoms with van der Waals surface area (Å²) in [6.07, 6.45) is 2.88. The van der Waals surface area contributed by atoms with Crippen LogP contribution in [-0.2, 0) is 4.79 Å². The summed E-state index contributed by atoms with van der Waals surface area (Å²) in [5.74, 6) is 0.253. The Morgan fingerprint density at radius 2 is 2.00 bits per heavy atom. The van der Waals surface area contributed by atoms with Crippen LogP contribution in [0.2, 0.25) is 0 Å². The number of piperidine rings is 1. The average Bonchev–Trinajstić information content (AvgIpc) is 2.39. The van der Waals surface area contributed by atoms with Crippen molar-refractivity contribution in [3.05, 3.63) is 0 Å². The van der Waals surface area contributed by atoms with E-state index in [9.17, 15) is 4.79 Å². The van der Waals surface area contributed by atoms with Crippen molar-refractivity contribution in [2.45, 2.75) is 46.1 Å². The first-order valence-electron chi connectivity index (χ1n) is 7.21. The van der Waals surface area contributed by atoms with Gasteiger partial charge in [-0.3, -0.25) is 4.79 Å². The quantitative estimate of drug-likeness (QED) is 0.750. The molecule has 1 rings (SSSR count). The molecule has 0 aromatic carbocycles. The molecule has 0 aliphatic carbocycles. The van der Waals surface area contributed by atoms with Crippen LogP contribution >= 0.6 is 0 Å². The van der Waals surface area contributed by atoms with Gasteiger partial charge in [0.15, 0.2) is 0 Å². The van der Waals surface area contributed by atoms with E-state index in [4.69, 9.17) is 0 Å². The summed E-state index contributed by atoms with van der Waals surface area (Å²) in [6, 6.07) is 0.529. The van der Waals surface area contributed by atoms with Crippen LogP contribution in [-0.4, -0.2) is 50.1 Å². The van der Waals surface area contributed by atoms with Crippen LogP contribution in [0.4, 0.5) is 0 Å². The first-order valence-corrected chi connectivity index (χ1v) is 7.21. The highest BCUT2D eigenvalue weighted by molar-refractivity contribution is 5.82. The second-order valence-electron chi connectivity index (χ2n) is 5.71. The van der Waals surface area contributed by atoms with Gasteiger partial charge >= 0.3 is 0 Å². The van der Waals surface area contributed by atoms with Gasteiger partial charge in [0, 0.05) is 19.1 Å². The van der Waals surface area contributed by atoms with E-state index in [2.05, 4.69) is 43.4 Å². The van der Waals surface area contributed by atoms with Crippen molar-refractivity contribution in [3.63, 3.8) is 0 Å². The lowest BCUT2D eigenvalue weighted by Crippen LogP contribution is -2.48. The molecular formula is C14H29N3O. The van der Waals surface area contributed by atoms with Crippen molar-refractivity contribution in [2.24, 2.45) is 5.41 Å². The molecule has 1 heterocycles. The Morgan fingerprint density at radius 3 is 2.50 bits per heavy atom. The number of amides is 1. The molecule has 1 saturated heterocycles. The first-order chi connectivity index (χ1) is 8.52. The fourth-order valence-corrected chi connectivity index (χ4v) is 2.44.